The lowest BCUT2D eigenvalue weighted by atomic mass is 10.1. The molecule has 0 bridgehead atoms. The summed E-state index contributed by atoms with van der Waals surface area (Å²) >= 11 is 0. The number of rotatable bonds is 2. The van der Waals surface area contributed by atoms with E-state index in [1.54, 1.807) is 4.90 Å². The fraction of sp³-hybridized carbons (Fsp3) is 0.417. The molecule has 74 valence electrons. The lowest BCUT2D eigenvalue weighted by Gasteiger charge is -2.09. The fourth-order valence-electron chi connectivity index (χ4n) is 1.87. The van der Waals surface area contributed by atoms with Crippen molar-refractivity contribution in [3.05, 3.63) is 35.9 Å². The highest BCUT2D eigenvalue weighted by Gasteiger charge is 2.44. The molecule has 1 aromatic rings. The van der Waals surface area contributed by atoms with Gasteiger partial charge in [0.2, 0.25) is 5.91 Å². The average Bonchev–Trinajstić information content (AvgIpc) is 2.97. The van der Waals surface area contributed by atoms with E-state index in [-0.39, 0.29) is 11.8 Å². The summed E-state index contributed by atoms with van der Waals surface area (Å²) in [6.07, 6.45) is 1.01. The van der Waals surface area contributed by atoms with Crippen LogP contribution >= 0.6 is 0 Å². The molecule has 0 N–H and O–H groups in total. The van der Waals surface area contributed by atoms with Crippen LogP contribution in [0.3, 0.4) is 0 Å². The van der Waals surface area contributed by atoms with Gasteiger partial charge in [0.15, 0.2) is 0 Å². The van der Waals surface area contributed by atoms with Crippen molar-refractivity contribution in [2.45, 2.75) is 12.3 Å². The molecule has 2 atom stereocenters. The van der Waals surface area contributed by atoms with E-state index in [1.807, 2.05) is 32.3 Å². The molecule has 1 saturated carbocycles. The molecule has 14 heavy (non-hydrogen) atoms. The molecular formula is C12H15NO. The molecule has 0 spiro atoms. The second-order valence-corrected chi connectivity index (χ2v) is 4.09. The molecule has 1 aliphatic rings. The second-order valence-electron chi connectivity index (χ2n) is 4.09. The maximum atomic E-state index is 11.6. The van der Waals surface area contributed by atoms with Crippen molar-refractivity contribution in [1.82, 2.24) is 4.90 Å². The largest absolute Gasteiger partial charge is 0.349 e. The summed E-state index contributed by atoms with van der Waals surface area (Å²) in [5, 5.41) is 0. The summed E-state index contributed by atoms with van der Waals surface area (Å²) in [6.45, 7) is 0. The fourth-order valence-corrected chi connectivity index (χ4v) is 1.87. The van der Waals surface area contributed by atoms with Crippen molar-refractivity contribution in [3.8, 4) is 0 Å². The molecule has 0 saturated heterocycles. The Morgan fingerprint density at radius 3 is 2.50 bits per heavy atom. The summed E-state index contributed by atoms with van der Waals surface area (Å²) in [5.74, 6) is 0.956. The van der Waals surface area contributed by atoms with Gasteiger partial charge in [-0.2, -0.15) is 0 Å². The van der Waals surface area contributed by atoms with Crippen molar-refractivity contribution in [3.63, 3.8) is 0 Å². The topological polar surface area (TPSA) is 20.3 Å². The molecule has 0 aromatic heterocycles. The zero-order valence-corrected chi connectivity index (χ0v) is 8.60. The first-order valence-corrected chi connectivity index (χ1v) is 4.96. The Morgan fingerprint density at radius 1 is 1.29 bits per heavy atom. The second kappa shape index (κ2) is 3.45. The predicted octanol–water partition coefficient (Wildman–Crippen LogP) is 1.88. The Hall–Kier alpha value is -1.31. The van der Waals surface area contributed by atoms with Crippen LogP contribution < -0.4 is 0 Å². The van der Waals surface area contributed by atoms with Gasteiger partial charge in [0.25, 0.3) is 0 Å². The van der Waals surface area contributed by atoms with Crippen molar-refractivity contribution in [2.24, 2.45) is 5.92 Å². The van der Waals surface area contributed by atoms with Crippen molar-refractivity contribution in [1.29, 1.82) is 0 Å². The molecule has 0 radical (unpaired) electrons. The summed E-state index contributed by atoms with van der Waals surface area (Å²) in [7, 11) is 3.64. The minimum Gasteiger partial charge on any atom is -0.349 e. The van der Waals surface area contributed by atoms with Gasteiger partial charge >= 0.3 is 0 Å². The van der Waals surface area contributed by atoms with Crippen molar-refractivity contribution < 1.29 is 4.79 Å². The van der Waals surface area contributed by atoms with Gasteiger partial charge in [-0.1, -0.05) is 30.3 Å². The monoisotopic (exact) mass is 189 g/mol. The third kappa shape index (κ3) is 1.65. The van der Waals surface area contributed by atoms with Gasteiger partial charge in [0.05, 0.1) is 0 Å². The van der Waals surface area contributed by atoms with E-state index in [0.29, 0.717) is 5.92 Å². The molecule has 1 aliphatic carbocycles. The zero-order valence-electron chi connectivity index (χ0n) is 8.60. The maximum absolute atomic E-state index is 11.6. The average molecular weight is 189 g/mol. The lowest BCUT2D eigenvalue weighted by molar-refractivity contribution is -0.130. The number of hydrogen-bond donors (Lipinski definition) is 0. The van der Waals surface area contributed by atoms with Gasteiger partial charge in [0.1, 0.15) is 0 Å². The van der Waals surface area contributed by atoms with Crippen LogP contribution in [0, 0.1) is 5.92 Å². The minimum absolute atomic E-state index is 0.229. The first kappa shape index (κ1) is 9.25. The number of hydrogen-bond acceptors (Lipinski definition) is 1. The highest BCUT2D eigenvalue weighted by atomic mass is 16.2. The van der Waals surface area contributed by atoms with E-state index >= 15 is 0 Å². The number of amides is 1. The van der Waals surface area contributed by atoms with Crippen LogP contribution in [0.4, 0.5) is 0 Å². The number of benzene rings is 1. The smallest absolute Gasteiger partial charge is 0.225 e. The molecule has 1 fully saturated rings. The zero-order chi connectivity index (χ0) is 10.1. The van der Waals surface area contributed by atoms with Gasteiger partial charge in [0, 0.05) is 20.0 Å². The van der Waals surface area contributed by atoms with E-state index in [2.05, 4.69) is 12.1 Å². The highest BCUT2D eigenvalue weighted by molar-refractivity contribution is 5.82. The third-order valence-corrected chi connectivity index (χ3v) is 2.78. The molecule has 2 rings (SSSR count). The van der Waals surface area contributed by atoms with Crippen LogP contribution in [0.5, 0.6) is 0 Å². The van der Waals surface area contributed by atoms with E-state index in [9.17, 15) is 4.79 Å². The molecule has 2 heteroatoms. The molecule has 1 amide bonds. The predicted molar refractivity (Wildman–Crippen MR) is 56.0 cm³/mol. The highest BCUT2D eigenvalue weighted by Crippen LogP contribution is 2.48. The van der Waals surface area contributed by atoms with E-state index in [1.165, 1.54) is 5.56 Å². The third-order valence-electron chi connectivity index (χ3n) is 2.78. The van der Waals surface area contributed by atoms with Gasteiger partial charge in [-0.3, -0.25) is 4.79 Å². The van der Waals surface area contributed by atoms with E-state index in [0.717, 1.165) is 6.42 Å². The summed E-state index contributed by atoms with van der Waals surface area (Å²) < 4.78 is 0. The van der Waals surface area contributed by atoms with Gasteiger partial charge < -0.3 is 4.90 Å². The van der Waals surface area contributed by atoms with Crippen LogP contribution in [0.25, 0.3) is 0 Å². The van der Waals surface area contributed by atoms with Gasteiger partial charge in [-0.15, -0.1) is 0 Å². The standard InChI is InChI=1S/C12H15NO/c1-13(2)12(14)11-8-10(11)9-6-4-3-5-7-9/h3-7,10-11H,8H2,1-2H3/t10-,11+/m1/s1. The molecule has 1 aromatic carbocycles. The first-order valence-electron chi connectivity index (χ1n) is 4.96. The van der Waals surface area contributed by atoms with Crippen LogP contribution in [0.15, 0.2) is 30.3 Å². The van der Waals surface area contributed by atoms with Crippen molar-refractivity contribution in [2.75, 3.05) is 14.1 Å². The van der Waals surface area contributed by atoms with Crippen LogP contribution in [-0.2, 0) is 4.79 Å². The summed E-state index contributed by atoms with van der Waals surface area (Å²) in [4.78, 5) is 13.3. The molecule has 0 unspecified atom stereocenters. The number of nitrogens with zero attached hydrogens (tertiary/aromatic N) is 1. The molecule has 0 heterocycles. The Balaban J connectivity index is 2.03. The molecular weight excluding hydrogens is 174 g/mol. The van der Waals surface area contributed by atoms with Crippen molar-refractivity contribution >= 4 is 5.91 Å². The van der Waals surface area contributed by atoms with Crippen LogP contribution in [-0.4, -0.2) is 24.9 Å². The van der Waals surface area contributed by atoms with E-state index in [4.69, 9.17) is 0 Å². The van der Waals surface area contributed by atoms with Gasteiger partial charge in [-0.25, -0.2) is 0 Å². The Morgan fingerprint density at radius 2 is 1.93 bits per heavy atom. The minimum atomic E-state index is 0.229. The Bertz CT molecular complexity index is 331. The first-order chi connectivity index (χ1) is 6.70. The lowest BCUT2D eigenvalue weighted by Crippen LogP contribution is -2.23. The van der Waals surface area contributed by atoms with Crippen LogP contribution in [0.1, 0.15) is 17.9 Å². The normalized spacial score (nSPS) is 24.4. The SMILES string of the molecule is CN(C)C(=O)[C@H]1C[C@@H]1c1ccccc1. The maximum Gasteiger partial charge on any atom is 0.225 e. The quantitative estimate of drug-likeness (QED) is 0.695. The Kier molecular flexibility index (Phi) is 2.28. The van der Waals surface area contributed by atoms with Crippen LogP contribution in [0.2, 0.25) is 0 Å². The van der Waals surface area contributed by atoms with E-state index < -0.39 is 0 Å². The summed E-state index contributed by atoms with van der Waals surface area (Å²) in [6, 6.07) is 10.3. The molecule has 0 aliphatic heterocycles. The molecule has 2 nitrogen and oxygen atoms in total. The number of carbonyl (C=O) groups excluding carboxylic acids is 1. The Labute approximate surface area is 84.5 Å². The summed E-state index contributed by atoms with van der Waals surface area (Å²) in [5.41, 5.74) is 1.30. The van der Waals surface area contributed by atoms with Gasteiger partial charge in [-0.05, 0) is 17.9 Å². The number of carbonyl (C=O) groups is 1.